The number of rotatable bonds is 7. The van der Waals surface area contributed by atoms with Crippen LogP contribution >= 0.6 is 0 Å². The summed E-state index contributed by atoms with van der Waals surface area (Å²) in [5.41, 5.74) is 2.43. The van der Waals surface area contributed by atoms with E-state index in [-0.39, 0.29) is 0 Å². The Kier molecular flexibility index (Phi) is 6.03. The lowest BCUT2D eigenvalue weighted by Gasteiger charge is -2.28. The molecular weight excluding hydrogens is 234 g/mol. The molecule has 0 saturated carbocycles. The zero-order chi connectivity index (χ0) is 14.4. The molecule has 0 unspecified atom stereocenters. The number of nitrogens with one attached hydrogen (secondary N) is 1. The maximum absolute atomic E-state index is 4.81. The summed E-state index contributed by atoms with van der Waals surface area (Å²) in [4.78, 5) is 7.08. The average Bonchev–Trinajstić information content (AvgIpc) is 2.35. The van der Waals surface area contributed by atoms with Crippen LogP contribution in [0.4, 0.5) is 5.82 Å². The largest absolute Gasteiger partial charge is 0.350 e. The molecule has 0 spiro atoms. The van der Waals surface area contributed by atoms with Crippen LogP contribution in [0.25, 0.3) is 0 Å². The van der Waals surface area contributed by atoms with E-state index in [1.165, 1.54) is 5.56 Å². The molecular formula is C16H27N3. The highest BCUT2D eigenvalue weighted by Gasteiger charge is 2.13. The second-order valence-corrected chi connectivity index (χ2v) is 5.48. The molecule has 0 bridgehead atoms. The van der Waals surface area contributed by atoms with Crippen molar-refractivity contribution in [2.45, 2.75) is 46.2 Å². The second-order valence-electron chi connectivity index (χ2n) is 5.48. The maximum Gasteiger partial charge on any atom is 0.129 e. The Morgan fingerprint density at radius 3 is 2.47 bits per heavy atom. The van der Waals surface area contributed by atoms with Gasteiger partial charge in [-0.3, -0.25) is 0 Å². The molecule has 1 N–H and O–H groups in total. The maximum atomic E-state index is 4.81. The number of nitrogens with zero attached hydrogens (tertiary/aromatic N) is 2. The molecule has 0 aliphatic carbocycles. The van der Waals surface area contributed by atoms with Crippen LogP contribution in [-0.2, 0) is 6.54 Å². The van der Waals surface area contributed by atoms with Crippen molar-refractivity contribution in [1.82, 2.24) is 10.3 Å². The summed E-state index contributed by atoms with van der Waals surface area (Å²) in [7, 11) is 1.97. The molecule has 0 saturated heterocycles. The molecule has 1 heterocycles. The standard InChI is InChI=1S/C16H27N3/c1-7-8-19(13(4)5)16-10-14(11-17-6)9-15(18-16)12(2)3/h7,9-10,12-13,17H,1,8,11H2,2-6H3. The fourth-order valence-electron chi connectivity index (χ4n) is 2.05. The quantitative estimate of drug-likeness (QED) is 0.763. The highest BCUT2D eigenvalue weighted by Crippen LogP contribution is 2.21. The molecule has 1 aromatic rings. The normalized spacial score (nSPS) is 11.1. The fraction of sp³-hybridized carbons (Fsp3) is 0.562. The van der Waals surface area contributed by atoms with Crippen molar-refractivity contribution in [3.8, 4) is 0 Å². The first-order chi connectivity index (χ1) is 8.99. The molecule has 0 aromatic carbocycles. The van der Waals surface area contributed by atoms with Crippen molar-refractivity contribution >= 4 is 5.82 Å². The van der Waals surface area contributed by atoms with Crippen molar-refractivity contribution in [3.63, 3.8) is 0 Å². The molecule has 0 fully saturated rings. The van der Waals surface area contributed by atoms with E-state index < -0.39 is 0 Å². The van der Waals surface area contributed by atoms with Crippen molar-refractivity contribution in [1.29, 1.82) is 0 Å². The summed E-state index contributed by atoms with van der Waals surface area (Å²) in [5, 5.41) is 3.21. The van der Waals surface area contributed by atoms with Gasteiger partial charge < -0.3 is 10.2 Å². The topological polar surface area (TPSA) is 28.2 Å². The number of aromatic nitrogens is 1. The van der Waals surface area contributed by atoms with Gasteiger partial charge in [-0.05, 0) is 44.5 Å². The summed E-state index contributed by atoms with van der Waals surface area (Å²) in [6.07, 6.45) is 1.93. The molecule has 0 radical (unpaired) electrons. The van der Waals surface area contributed by atoms with E-state index in [1.54, 1.807) is 0 Å². The van der Waals surface area contributed by atoms with Gasteiger partial charge >= 0.3 is 0 Å². The van der Waals surface area contributed by atoms with E-state index in [9.17, 15) is 0 Å². The minimum absolute atomic E-state index is 0.412. The Balaban J connectivity index is 3.19. The lowest BCUT2D eigenvalue weighted by Crippen LogP contribution is -2.32. The molecule has 3 heteroatoms. The van der Waals surface area contributed by atoms with Gasteiger partial charge in [0.2, 0.25) is 0 Å². The van der Waals surface area contributed by atoms with Crippen molar-refractivity contribution < 1.29 is 0 Å². The minimum Gasteiger partial charge on any atom is -0.350 e. The monoisotopic (exact) mass is 261 g/mol. The van der Waals surface area contributed by atoms with Gasteiger partial charge in [0.1, 0.15) is 5.82 Å². The van der Waals surface area contributed by atoms with Gasteiger partial charge in [-0.2, -0.15) is 0 Å². The summed E-state index contributed by atoms with van der Waals surface area (Å²) < 4.78 is 0. The molecule has 0 atom stereocenters. The van der Waals surface area contributed by atoms with E-state index in [0.717, 1.165) is 24.6 Å². The number of hydrogen-bond donors (Lipinski definition) is 1. The Bertz CT molecular complexity index is 410. The third kappa shape index (κ3) is 4.35. The molecule has 0 aliphatic rings. The zero-order valence-electron chi connectivity index (χ0n) is 12.9. The van der Waals surface area contributed by atoms with Gasteiger partial charge in [0.15, 0.2) is 0 Å². The van der Waals surface area contributed by atoms with Crippen LogP contribution < -0.4 is 10.2 Å². The Hall–Kier alpha value is -1.35. The Morgan fingerprint density at radius 1 is 1.32 bits per heavy atom. The first-order valence-electron chi connectivity index (χ1n) is 7.02. The minimum atomic E-state index is 0.412. The highest BCUT2D eigenvalue weighted by atomic mass is 15.2. The summed E-state index contributed by atoms with van der Waals surface area (Å²) in [5.74, 6) is 1.49. The summed E-state index contributed by atoms with van der Waals surface area (Å²) in [6.45, 7) is 14.3. The van der Waals surface area contributed by atoms with Crippen molar-refractivity contribution in [3.05, 3.63) is 36.0 Å². The highest BCUT2D eigenvalue weighted by molar-refractivity contribution is 5.44. The third-order valence-electron chi connectivity index (χ3n) is 3.11. The van der Waals surface area contributed by atoms with Crippen molar-refractivity contribution in [2.24, 2.45) is 0 Å². The molecule has 1 rings (SSSR count). The predicted molar refractivity (Wildman–Crippen MR) is 83.8 cm³/mol. The van der Waals surface area contributed by atoms with Gasteiger partial charge in [-0.15, -0.1) is 6.58 Å². The molecule has 106 valence electrons. The summed E-state index contributed by atoms with van der Waals surface area (Å²) >= 11 is 0. The third-order valence-corrected chi connectivity index (χ3v) is 3.11. The fourth-order valence-corrected chi connectivity index (χ4v) is 2.05. The van der Waals surface area contributed by atoms with E-state index in [0.29, 0.717) is 12.0 Å². The molecule has 19 heavy (non-hydrogen) atoms. The van der Waals surface area contributed by atoms with E-state index in [4.69, 9.17) is 4.98 Å². The Labute approximate surface area is 117 Å². The predicted octanol–water partition coefficient (Wildman–Crippen LogP) is 3.33. The summed E-state index contributed by atoms with van der Waals surface area (Å²) in [6, 6.07) is 4.78. The number of hydrogen-bond acceptors (Lipinski definition) is 3. The second kappa shape index (κ2) is 7.29. The van der Waals surface area contributed by atoms with Crippen LogP contribution in [0.2, 0.25) is 0 Å². The first-order valence-corrected chi connectivity index (χ1v) is 7.02. The van der Waals surface area contributed by atoms with Gasteiger partial charge in [0.25, 0.3) is 0 Å². The molecule has 1 aromatic heterocycles. The number of pyridine rings is 1. The van der Waals surface area contributed by atoms with Gasteiger partial charge in [-0.1, -0.05) is 19.9 Å². The van der Waals surface area contributed by atoms with Crippen LogP contribution in [0.15, 0.2) is 24.8 Å². The SMILES string of the molecule is C=CCN(c1cc(CNC)cc(C(C)C)n1)C(C)C. The molecule has 0 aliphatic heterocycles. The van der Waals surface area contributed by atoms with Crippen molar-refractivity contribution in [2.75, 3.05) is 18.5 Å². The van der Waals surface area contributed by atoms with Gasteiger partial charge in [0.05, 0.1) is 0 Å². The molecule has 0 amide bonds. The van der Waals surface area contributed by atoms with Crippen LogP contribution in [0, 0.1) is 0 Å². The van der Waals surface area contributed by atoms with E-state index in [2.05, 4.69) is 56.6 Å². The van der Waals surface area contributed by atoms with Crippen LogP contribution in [0.1, 0.15) is 44.9 Å². The van der Waals surface area contributed by atoms with Crippen LogP contribution in [0.5, 0.6) is 0 Å². The molecule has 3 nitrogen and oxygen atoms in total. The smallest absolute Gasteiger partial charge is 0.129 e. The first kappa shape index (κ1) is 15.7. The lowest BCUT2D eigenvalue weighted by atomic mass is 10.1. The average molecular weight is 261 g/mol. The Morgan fingerprint density at radius 2 is 2.00 bits per heavy atom. The van der Waals surface area contributed by atoms with Gasteiger partial charge in [-0.25, -0.2) is 4.98 Å². The number of anilines is 1. The van der Waals surface area contributed by atoms with Crippen LogP contribution in [0.3, 0.4) is 0 Å². The zero-order valence-corrected chi connectivity index (χ0v) is 12.9. The lowest BCUT2D eigenvalue weighted by molar-refractivity contribution is 0.700. The van der Waals surface area contributed by atoms with Crippen LogP contribution in [-0.4, -0.2) is 24.6 Å². The van der Waals surface area contributed by atoms with E-state index in [1.807, 2.05) is 13.1 Å². The van der Waals surface area contributed by atoms with E-state index >= 15 is 0 Å². The van der Waals surface area contributed by atoms with Gasteiger partial charge in [0, 0.05) is 24.8 Å².